The molecule has 31 heavy (non-hydrogen) atoms. The number of nitrogens with zero attached hydrogens (tertiary/aromatic N) is 1. The van der Waals surface area contributed by atoms with Gasteiger partial charge in [0.25, 0.3) is 5.69 Å². The Labute approximate surface area is 186 Å². The summed E-state index contributed by atoms with van der Waals surface area (Å²) < 4.78 is 63.2. The van der Waals surface area contributed by atoms with E-state index >= 15 is 0 Å². The molecule has 0 N–H and O–H groups in total. The molecular weight excluding hydrogens is 478 g/mol. The van der Waals surface area contributed by atoms with E-state index in [-0.39, 0.29) is 28.0 Å². The van der Waals surface area contributed by atoms with E-state index in [2.05, 4.69) is 0 Å². The van der Waals surface area contributed by atoms with Crippen molar-refractivity contribution in [2.75, 3.05) is 11.9 Å². The molecule has 0 radical (unpaired) electrons. The molecule has 2 aromatic carbocycles. The third-order valence-corrected chi connectivity index (χ3v) is 8.05. The second-order valence-electron chi connectivity index (χ2n) is 6.27. The van der Waals surface area contributed by atoms with Gasteiger partial charge >= 0.3 is 6.18 Å². The third kappa shape index (κ3) is 6.38. The molecule has 6 nitrogen and oxygen atoms in total. The lowest BCUT2D eigenvalue weighted by molar-refractivity contribution is -0.383. The van der Waals surface area contributed by atoms with Crippen LogP contribution in [0.4, 0.5) is 18.9 Å². The smallest absolute Gasteiger partial charge is 0.416 e. The third-order valence-electron chi connectivity index (χ3n) is 4.13. The summed E-state index contributed by atoms with van der Waals surface area (Å²) in [5, 5.41) is 11.1. The van der Waals surface area contributed by atoms with Gasteiger partial charge in [-0.05, 0) is 36.9 Å². The molecule has 0 bridgehead atoms. The fraction of sp³-hybridized carbons (Fsp3) is 0.368. The van der Waals surface area contributed by atoms with Crippen LogP contribution < -0.4 is 10.0 Å². The van der Waals surface area contributed by atoms with Crippen LogP contribution in [0.25, 0.3) is 0 Å². The zero-order valence-corrected chi connectivity index (χ0v) is 19.3. The van der Waals surface area contributed by atoms with Gasteiger partial charge in [-0.1, -0.05) is 25.4 Å². The van der Waals surface area contributed by atoms with Crippen LogP contribution in [0.2, 0.25) is 5.02 Å². The number of benzene rings is 2. The molecule has 0 saturated heterocycles. The molecule has 2 rings (SSSR count). The predicted molar refractivity (Wildman–Crippen MR) is 116 cm³/mol. The Balaban J connectivity index is 2.46. The monoisotopic (exact) mass is 497 g/mol. The Morgan fingerprint density at radius 3 is 2.42 bits per heavy atom. The molecule has 2 unspecified atom stereocenters. The maximum atomic E-state index is 13.5. The van der Waals surface area contributed by atoms with Crippen molar-refractivity contribution >= 4 is 41.7 Å². The molecule has 0 amide bonds. The van der Waals surface area contributed by atoms with E-state index in [4.69, 9.17) is 20.9 Å². The van der Waals surface area contributed by atoms with Crippen molar-refractivity contribution in [1.82, 2.24) is 0 Å². The van der Waals surface area contributed by atoms with E-state index in [9.17, 15) is 27.9 Å². The van der Waals surface area contributed by atoms with Crippen molar-refractivity contribution in [3.05, 3.63) is 57.1 Å². The predicted octanol–water partition coefficient (Wildman–Crippen LogP) is 7.10. The van der Waals surface area contributed by atoms with Crippen molar-refractivity contribution in [2.24, 2.45) is 0 Å². The van der Waals surface area contributed by atoms with E-state index in [0.29, 0.717) is 11.8 Å². The van der Waals surface area contributed by atoms with E-state index < -0.39 is 35.2 Å². The molecule has 12 heteroatoms. The highest BCUT2D eigenvalue weighted by Gasteiger charge is 2.35. The Bertz CT molecular complexity index is 1000. The number of rotatable bonds is 9. The molecule has 0 aliphatic heterocycles. The van der Waals surface area contributed by atoms with Crippen LogP contribution in [0.1, 0.15) is 26.3 Å². The second-order valence-corrected chi connectivity index (χ2v) is 10.9. The average molecular weight is 498 g/mol. The molecule has 2 atom stereocenters. The van der Waals surface area contributed by atoms with Gasteiger partial charge in [-0.3, -0.25) is 14.7 Å². The number of nitro groups is 1. The zero-order chi connectivity index (χ0) is 23.4. The van der Waals surface area contributed by atoms with E-state index in [1.54, 1.807) is 13.8 Å². The van der Waals surface area contributed by atoms with Gasteiger partial charge in [0.2, 0.25) is 7.37 Å². The highest BCUT2D eigenvalue weighted by molar-refractivity contribution is 7.99. The normalized spacial score (nSPS) is 14.7. The molecule has 0 saturated carbocycles. The number of thioether (sulfide) groups is 1. The van der Waals surface area contributed by atoms with Gasteiger partial charge in [0, 0.05) is 18.3 Å². The van der Waals surface area contributed by atoms with Gasteiger partial charge in [0.15, 0.2) is 0 Å². The maximum Gasteiger partial charge on any atom is 0.416 e. The molecule has 170 valence electrons. The molecular formula is C19H20ClF3NO5PS. The molecule has 0 heterocycles. The average Bonchev–Trinajstić information content (AvgIpc) is 2.68. The van der Waals surface area contributed by atoms with Crippen molar-refractivity contribution in [2.45, 2.75) is 32.4 Å². The first-order valence-electron chi connectivity index (χ1n) is 9.14. The van der Waals surface area contributed by atoms with Crippen LogP contribution >= 0.6 is 30.7 Å². The largest absolute Gasteiger partial charge is 0.456 e. The lowest BCUT2D eigenvalue weighted by Crippen LogP contribution is -2.17. The molecule has 0 aromatic heterocycles. The number of hydrogen-bond acceptors (Lipinski definition) is 6. The lowest BCUT2D eigenvalue weighted by Gasteiger charge is -2.22. The van der Waals surface area contributed by atoms with Crippen molar-refractivity contribution in [1.29, 1.82) is 0 Å². The van der Waals surface area contributed by atoms with E-state index in [0.717, 1.165) is 18.2 Å². The summed E-state index contributed by atoms with van der Waals surface area (Å²) in [5.74, 6) is 0.634. The number of ether oxygens (including phenoxy) is 1. The quantitative estimate of drug-likeness (QED) is 0.159. The Morgan fingerprint density at radius 2 is 1.90 bits per heavy atom. The van der Waals surface area contributed by atoms with Crippen molar-refractivity contribution in [3.8, 4) is 11.5 Å². The summed E-state index contributed by atoms with van der Waals surface area (Å²) in [7, 11) is -3.63. The first-order valence-corrected chi connectivity index (χ1v) is 12.4. The van der Waals surface area contributed by atoms with Gasteiger partial charge in [0.05, 0.1) is 15.5 Å². The Kier molecular flexibility index (Phi) is 8.44. The second kappa shape index (κ2) is 10.3. The lowest BCUT2D eigenvalue weighted by atomic mass is 10.2. The summed E-state index contributed by atoms with van der Waals surface area (Å²) in [6, 6.07) is 6.14. The van der Waals surface area contributed by atoms with Crippen molar-refractivity contribution < 1.29 is 31.9 Å². The van der Waals surface area contributed by atoms with Crippen LogP contribution in [0.3, 0.4) is 0 Å². The van der Waals surface area contributed by atoms with Gasteiger partial charge in [0.1, 0.15) is 22.2 Å². The molecule has 0 aliphatic carbocycles. The molecule has 0 aliphatic rings. The highest BCUT2D eigenvalue weighted by atomic mass is 35.5. The highest BCUT2D eigenvalue weighted by Crippen LogP contribution is 2.51. The minimum Gasteiger partial charge on any atom is -0.456 e. The summed E-state index contributed by atoms with van der Waals surface area (Å²) in [4.78, 5) is 10.8. The Morgan fingerprint density at radius 1 is 1.23 bits per heavy atom. The fourth-order valence-electron chi connectivity index (χ4n) is 2.69. The van der Waals surface area contributed by atoms with Crippen LogP contribution in [0.15, 0.2) is 36.4 Å². The molecule has 2 aromatic rings. The molecule has 0 spiro atoms. The number of halogens is 4. The van der Waals surface area contributed by atoms with Gasteiger partial charge in [-0.25, -0.2) is 0 Å². The summed E-state index contributed by atoms with van der Waals surface area (Å²) >= 11 is 7.30. The fourth-order valence-corrected chi connectivity index (χ4v) is 5.95. The Hall–Kier alpha value is -1.74. The standard InChI is InChI=1S/C19H20ClF3NO5PS/c1-4-30(27,29-12(3)31-5-2)18-11-14(7-8-16(18)24(25)26)28-17-9-6-13(10-15(17)20)19(21,22)23/h6-12H,4-5H2,1-3H3. The van der Waals surface area contributed by atoms with Gasteiger partial charge in [-0.15, -0.1) is 11.8 Å². The number of hydrogen-bond donors (Lipinski definition) is 0. The van der Waals surface area contributed by atoms with Crippen LogP contribution in [-0.4, -0.2) is 22.3 Å². The van der Waals surface area contributed by atoms with Gasteiger partial charge in [-0.2, -0.15) is 13.2 Å². The van der Waals surface area contributed by atoms with Crippen LogP contribution in [0.5, 0.6) is 11.5 Å². The number of nitro benzene ring substituents is 1. The van der Waals surface area contributed by atoms with E-state index in [1.807, 2.05) is 6.92 Å². The van der Waals surface area contributed by atoms with E-state index in [1.165, 1.54) is 23.9 Å². The maximum absolute atomic E-state index is 13.5. The van der Waals surface area contributed by atoms with Crippen molar-refractivity contribution in [3.63, 3.8) is 0 Å². The minimum absolute atomic E-state index is 0.00689. The summed E-state index contributed by atoms with van der Waals surface area (Å²) in [6.07, 6.45) is -4.56. The van der Waals surface area contributed by atoms with Crippen LogP contribution in [0, 0.1) is 10.1 Å². The molecule has 0 fully saturated rings. The van der Waals surface area contributed by atoms with Gasteiger partial charge < -0.3 is 9.26 Å². The zero-order valence-electron chi connectivity index (χ0n) is 16.8. The first kappa shape index (κ1) is 25.5. The van der Waals surface area contributed by atoms with Crippen LogP contribution in [-0.2, 0) is 15.3 Å². The SMILES string of the molecule is CCSC(C)OP(=O)(CC)c1cc(Oc2ccc(C(F)(F)F)cc2Cl)ccc1[N+](=O)[O-]. The number of alkyl halides is 3. The minimum atomic E-state index is -4.57. The summed E-state index contributed by atoms with van der Waals surface area (Å²) in [5.41, 5.74) is -1.81. The summed E-state index contributed by atoms with van der Waals surface area (Å²) in [6.45, 7) is 5.19. The first-order chi connectivity index (χ1) is 14.4. The topological polar surface area (TPSA) is 78.7 Å².